The number of nitrogens with one attached hydrogen (secondary N) is 2. The first-order valence-corrected chi connectivity index (χ1v) is 17.2. The molecule has 2 fully saturated rings. The summed E-state index contributed by atoms with van der Waals surface area (Å²) in [6.45, 7) is 1.94. The fraction of sp³-hybridized carbons (Fsp3) is 0.781. The molecule has 2 saturated heterocycles. The minimum absolute atomic E-state index is 0.0712. The zero-order chi connectivity index (χ0) is 35.7. The molecule has 0 bridgehead atoms. The fourth-order valence-electron chi connectivity index (χ4n) is 4.79. The molecule has 2 aliphatic heterocycles. The fourth-order valence-corrected chi connectivity index (χ4v) is 4.79. The molecule has 0 spiro atoms. The van der Waals surface area contributed by atoms with E-state index in [9.17, 15) is 38.7 Å². The highest BCUT2D eigenvalue weighted by molar-refractivity contribution is 6.01. The SMILES string of the molecule is O=C(COCCOCCOCC(=O)NCCCCCCCC(=O)ON1C(=O)CCC1O)NCCCCCCCC(=O)ON1C(=O)CCC1=O. The maximum Gasteiger partial charge on any atom is 0.333 e. The summed E-state index contributed by atoms with van der Waals surface area (Å²) >= 11 is 0. The van der Waals surface area contributed by atoms with Gasteiger partial charge in [-0.25, -0.2) is 9.59 Å². The summed E-state index contributed by atoms with van der Waals surface area (Å²) in [6.07, 6.45) is 7.73. The third-order valence-electron chi connectivity index (χ3n) is 7.50. The second-order valence-electron chi connectivity index (χ2n) is 11.7. The van der Waals surface area contributed by atoms with Crippen molar-refractivity contribution in [3.8, 4) is 0 Å². The predicted molar refractivity (Wildman–Crippen MR) is 169 cm³/mol. The lowest BCUT2D eigenvalue weighted by molar-refractivity contribution is -0.220. The Morgan fingerprint density at radius 2 is 1.04 bits per heavy atom. The molecule has 0 aromatic rings. The number of hydroxylamine groups is 4. The first-order chi connectivity index (χ1) is 23.7. The first-order valence-electron chi connectivity index (χ1n) is 17.2. The Kier molecular flexibility index (Phi) is 21.4. The summed E-state index contributed by atoms with van der Waals surface area (Å²) in [7, 11) is 0. The predicted octanol–water partition coefficient (Wildman–Crippen LogP) is 0.956. The number of imide groups is 1. The van der Waals surface area contributed by atoms with Crippen LogP contribution in [0.1, 0.15) is 103 Å². The van der Waals surface area contributed by atoms with Gasteiger partial charge in [0.15, 0.2) is 6.23 Å². The van der Waals surface area contributed by atoms with E-state index in [0.29, 0.717) is 31.0 Å². The van der Waals surface area contributed by atoms with E-state index < -0.39 is 30.0 Å². The van der Waals surface area contributed by atoms with Crippen LogP contribution in [-0.4, -0.2) is 116 Å². The van der Waals surface area contributed by atoms with Gasteiger partial charge in [0.2, 0.25) is 11.8 Å². The molecule has 3 N–H and O–H groups in total. The first kappa shape index (κ1) is 41.5. The monoisotopic (exact) mass is 700 g/mol. The topological polar surface area (TPSA) is 216 Å². The molecule has 1 atom stereocenters. The van der Waals surface area contributed by atoms with E-state index in [1.807, 2.05) is 0 Å². The van der Waals surface area contributed by atoms with Gasteiger partial charge in [-0.3, -0.25) is 24.0 Å². The van der Waals surface area contributed by atoms with Crippen molar-refractivity contribution in [2.45, 2.75) is 109 Å². The normalized spacial score (nSPS) is 15.9. The zero-order valence-electron chi connectivity index (χ0n) is 28.3. The summed E-state index contributed by atoms with van der Waals surface area (Å²) in [5.74, 6) is -2.93. The summed E-state index contributed by atoms with van der Waals surface area (Å²) < 4.78 is 15.9. The van der Waals surface area contributed by atoms with Crippen molar-refractivity contribution < 1.29 is 62.6 Å². The number of aliphatic hydroxyl groups excluding tert-OH is 1. The van der Waals surface area contributed by atoms with E-state index in [0.717, 1.165) is 56.4 Å². The molecular formula is C32H52N4O13. The number of aliphatic hydroxyl groups is 1. The van der Waals surface area contributed by atoms with Crippen LogP contribution >= 0.6 is 0 Å². The van der Waals surface area contributed by atoms with Crippen molar-refractivity contribution in [3.05, 3.63) is 0 Å². The van der Waals surface area contributed by atoms with Crippen molar-refractivity contribution >= 4 is 41.5 Å². The number of unbranched alkanes of at least 4 members (excludes halogenated alkanes) is 8. The molecule has 0 aliphatic carbocycles. The summed E-state index contributed by atoms with van der Waals surface area (Å²) in [5.41, 5.74) is 0. The summed E-state index contributed by atoms with van der Waals surface area (Å²) in [6, 6.07) is 0. The van der Waals surface area contributed by atoms with Crippen LogP contribution in [0.3, 0.4) is 0 Å². The van der Waals surface area contributed by atoms with Crippen molar-refractivity contribution in [2.24, 2.45) is 0 Å². The minimum Gasteiger partial charge on any atom is -0.377 e. The number of rotatable bonds is 28. The quantitative estimate of drug-likeness (QED) is 0.0767. The van der Waals surface area contributed by atoms with Crippen LogP contribution in [-0.2, 0) is 57.4 Å². The molecule has 0 aromatic carbocycles. The third-order valence-corrected chi connectivity index (χ3v) is 7.50. The van der Waals surface area contributed by atoms with Gasteiger partial charge in [0, 0.05) is 51.6 Å². The molecule has 17 heteroatoms. The molecule has 17 nitrogen and oxygen atoms in total. The van der Waals surface area contributed by atoms with E-state index in [1.165, 1.54) is 0 Å². The Hall–Kier alpha value is -3.67. The smallest absolute Gasteiger partial charge is 0.333 e. The summed E-state index contributed by atoms with van der Waals surface area (Å²) in [5, 5.41) is 16.5. The molecule has 5 amide bonds. The van der Waals surface area contributed by atoms with E-state index in [-0.39, 0.29) is 95.9 Å². The second kappa shape index (κ2) is 25.3. The van der Waals surface area contributed by atoms with Crippen molar-refractivity contribution in [2.75, 3.05) is 52.7 Å². The highest BCUT2D eigenvalue weighted by Crippen LogP contribution is 2.18. The van der Waals surface area contributed by atoms with Gasteiger partial charge < -0.3 is 39.6 Å². The molecular weight excluding hydrogens is 648 g/mol. The molecule has 278 valence electrons. The van der Waals surface area contributed by atoms with Gasteiger partial charge in [-0.1, -0.05) is 38.5 Å². The zero-order valence-corrected chi connectivity index (χ0v) is 28.3. The minimum atomic E-state index is -1.06. The van der Waals surface area contributed by atoms with Gasteiger partial charge in [0.1, 0.15) is 13.2 Å². The lowest BCUT2D eigenvalue weighted by Gasteiger charge is -2.18. The number of hydrogen-bond acceptors (Lipinski definition) is 13. The Balaban J connectivity index is 1.26. The average molecular weight is 701 g/mol. The van der Waals surface area contributed by atoms with Gasteiger partial charge >= 0.3 is 11.9 Å². The van der Waals surface area contributed by atoms with Gasteiger partial charge in [-0.2, -0.15) is 0 Å². The third kappa shape index (κ3) is 19.2. The highest BCUT2D eigenvalue weighted by Gasteiger charge is 2.33. The molecule has 0 radical (unpaired) electrons. The van der Waals surface area contributed by atoms with E-state index in [2.05, 4.69) is 10.6 Å². The van der Waals surface area contributed by atoms with Gasteiger partial charge in [-0.15, -0.1) is 10.1 Å². The average Bonchev–Trinajstić information content (AvgIpc) is 3.56. The maximum absolute atomic E-state index is 11.9. The molecule has 2 rings (SSSR count). The van der Waals surface area contributed by atoms with Crippen LogP contribution in [0.2, 0.25) is 0 Å². The van der Waals surface area contributed by atoms with Crippen LogP contribution < -0.4 is 10.6 Å². The summed E-state index contributed by atoms with van der Waals surface area (Å²) in [4.78, 5) is 91.4. The van der Waals surface area contributed by atoms with E-state index in [4.69, 9.17) is 23.9 Å². The molecule has 49 heavy (non-hydrogen) atoms. The van der Waals surface area contributed by atoms with Gasteiger partial charge in [0.05, 0.1) is 26.4 Å². The number of amides is 5. The van der Waals surface area contributed by atoms with Crippen molar-refractivity contribution in [1.29, 1.82) is 0 Å². The van der Waals surface area contributed by atoms with Crippen LogP contribution in [0.4, 0.5) is 0 Å². The maximum atomic E-state index is 11.9. The number of carbonyl (C=O) groups is 7. The molecule has 0 saturated carbocycles. The van der Waals surface area contributed by atoms with Crippen LogP contribution in [0, 0.1) is 0 Å². The van der Waals surface area contributed by atoms with E-state index in [1.54, 1.807) is 0 Å². The van der Waals surface area contributed by atoms with Crippen molar-refractivity contribution in [3.63, 3.8) is 0 Å². The van der Waals surface area contributed by atoms with Crippen molar-refractivity contribution in [1.82, 2.24) is 20.8 Å². The Morgan fingerprint density at radius 3 is 1.53 bits per heavy atom. The Labute approximate surface area is 286 Å². The van der Waals surface area contributed by atoms with Gasteiger partial charge in [-0.05, 0) is 25.7 Å². The Bertz CT molecular complexity index is 1060. The van der Waals surface area contributed by atoms with E-state index >= 15 is 0 Å². The van der Waals surface area contributed by atoms with Crippen LogP contribution in [0.25, 0.3) is 0 Å². The second-order valence-corrected chi connectivity index (χ2v) is 11.7. The molecule has 2 aliphatic rings. The highest BCUT2D eigenvalue weighted by atomic mass is 16.7. The number of nitrogens with zero attached hydrogens (tertiary/aromatic N) is 2. The molecule has 1 unspecified atom stereocenters. The van der Waals surface area contributed by atoms with Crippen LogP contribution in [0.5, 0.6) is 0 Å². The largest absolute Gasteiger partial charge is 0.377 e. The lowest BCUT2D eigenvalue weighted by Crippen LogP contribution is -2.35. The molecule has 0 aromatic heterocycles. The molecule has 2 heterocycles. The Morgan fingerprint density at radius 1 is 0.592 bits per heavy atom. The lowest BCUT2D eigenvalue weighted by atomic mass is 10.1. The number of ether oxygens (including phenoxy) is 3. The standard InChI is InChI=1S/C32H52N4O13/c37-25(33-17-9-5-1-3-7-11-31(43)48-35-27(39)13-14-28(35)40)23-46-21-19-45-20-22-47-24-26(38)34-18-10-6-2-4-8-12-32(44)49-36-29(41)15-16-30(36)42/h27,39H,1-24H2,(H,33,37)(H,34,38). The number of carbonyl (C=O) groups excluding carboxylic acids is 7. The number of hydrogen-bond donors (Lipinski definition) is 3. The van der Waals surface area contributed by atoms with Gasteiger partial charge in [0.25, 0.3) is 17.7 Å². The van der Waals surface area contributed by atoms with Crippen LogP contribution in [0.15, 0.2) is 0 Å².